The molecule has 6 nitrogen and oxygen atoms in total. The maximum atomic E-state index is 9.47. The third-order valence-electron chi connectivity index (χ3n) is 9.39. The molecule has 0 unspecified atom stereocenters. The van der Waals surface area contributed by atoms with Gasteiger partial charge in [-0.05, 0) is 69.8 Å². The topological polar surface area (TPSA) is 99.4 Å². The van der Waals surface area contributed by atoms with Gasteiger partial charge in [0.2, 0.25) is 0 Å². The van der Waals surface area contributed by atoms with Crippen molar-refractivity contribution in [3.05, 3.63) is 175 Å². The van der Waals surface area contributed by atoms with E-state index < -0.39 is 0 Å². The number of aromatic nitrogens is 3. The molecule has 0 aliphatic heterocycles. The number of nitriles is 2. The molecule has 9 aromatic rings. The molecule has 0 N–H and O–H groups in total. The van der Waals surface area contributed by atoms with Crippen LogP contribution in [0.1, 0.15) is 11.1 Å². The van der Waals surface area contributed by atoms with Gasteiger partial charge in [0.25, 0.3) is 0 Å². The highest BCUT2D eigenvalue weighted by atomic mass is 16.3. The number of furan rings is 1. The molecule has 0 saturated carbocycles. The fourth-order valence-electron chi connectivity index (χ4n) is 6.76. The van der Waals surface area contributed by atoms with Crippen molar-refractivity contribution in [1.29, 1.82) is 10.5 Å². The maximum absolute atomic E-state index is 9.47. The molecule has 0 amide bonds. The second-order valence-electron chi connectivity index (χ2n) is 12.7. The monoisotopic (exact) mass is 677 g/mol. The van der Waals surface area contributed by atoms with Crippen molar-refractivity contribution in [3.63, 3.8) is 0 Å². The van der Waals surface area contributed by atoms with E-state index in [1.54, 1.807) is 18.2 Å². The minimum Gasteiger partial charge on any atom is -0.456 e. The van der Waals surface area contributed by atoms with Crippen LogP contribution in [0.4, 0.5) is 0 Å². The molecule has 6 heteroatoms. The summed E-state index contributed by atoms with van der Waals surface area (Å²) in [7, 11) is 0. The van der Waals surface area contributed by atoms with E-state index in [9.17, 15) is 10.5 Å². The van der Waals surface area contributed by atoms with Crippen molar-refractivity contribution in [3.8, 4) is 79.7 Å². The molecule has 0 radical (unpaired) electrons. The fraction of sp³-hybridized carbons (Fsp3) is 0. The zero-order chi connectivity index (χ0) is 35.7. The predicted molar refractivity (Wildman–Crippen MR) is 209 cm³/mol. The van der Waals surface area contributed by atoms with Crippen molar-refractivity contribution in [2.24, 2.45) is 0 Å². The first-order chi connectivity index (χ1) is 26.1. The average Bonchev–Trinajstić information content (AvgIpc) is 3.62. The summed E-state index contributed by atoms with van der Waals surface area (Å²) < 4.78 is 6.48. The molecule has 0 bridgehead atoms. The maximum Gasteiger partial charge on any atom is 0.164 e. The Hall–Kier alpha value is -7.67. The fourth-order valence-corrected chi connectivity index (χ4v) is 6.76. The van der Waals surface area contributed by atoms with Gasteiger partial charge in [-0.1, -0.05) is 127 Å². The van der Waals surface area contributed by atoms with Gasteiger partial charge in [0.1, 0.15) is 11.2 Å². The van der Waals surface area contributed by atoms with Crippen LogP contribution in [0.2, 0.25) is 0 Å². The Morgan fingerprint density at radius 2 is 0.868 bits per heavy atom. The van der Waals surface area contributed by atoms with Crippen LogP contribution >= 0.6 is 0 Å². The second kappa shape index (κ2) is 13.2. The minimum atomic E-state index is 0.438. The Bertz CT molecular complexity index is 2850. The lowest BCUT2D eigenvalue weighted by atomic mass is 9.96. The van der Waals surface area contributed by atoms with Crippen LogP contribution in [0, 0.1) is 22.7 Å². The van der Waals surface area contributed by atoms with E-state index in [4.69, 9.17) is 19.4 Å². The molecular weight excluding hydrogens is 651 g/mol. The first-order valence-electron chi connectivity index (χ1n) is 17.1. The normalized spacial score (nSPS) is 11.0. The molecule has 0 aliphatic carbocycles. The lowest BCUT2D eigenvalue weighted by Crippen LogP contribution is -2.00. The van der Waals surface area contributed by atoms with Gasteiger partial charge in [0, 0.05) is 27.5 Å². The van der Waals surface area contributed by atoms with Gasteiger partial charge in [-0.25, -0.2) is 15.0 Å². The van der Waals surface area contributed by atoms with E-state index in [-0.39, 0.29) is 0 Å². The Morgan fingerprint density at radius 1 is 0.377 bits per heavy atom. The van der Waals surface area contributed by atoms with Gasteiger partial charge in [-0.2, -0.15) is 10.5 Å². The van der Waals surface area contributed by atoms with Gasteiger partial charge >= 0.3 is 0 Å². The lowest BCUT2D eigenvalue weighted by Gasteiger charge is -2.09. The van der Waals surface area contributed by atoms with Gasteiger partial charge < -0.3 is 4.42 Å². The molecule has 2 aromatic heterocycles. The zero-order valence-corrected chi connectivity index (χ0v) is 28.2. The number of nitrogens with zero attached hydrogens (tertiary/aromatic N) is 5. The second-order valence-corrected chi connectivity index (χ2v) is 12.7. The van der Waals surface area contributed by atoms with E-state index in [0.29, 0.717) is 28.6 Å². The third kappa shape index (κ3) is 5.97. The zero-order valence-electron chi connectivity index (χ0n) is 28.2. The van der Waals surface area contributed by atoms with Crippen LogP contribution in [0.25, 0.3) is 89.5 Å². The Labute approximate surface area is 305 Å². The van der Waals surface area contributed by atoms with Crippen molar-refractivity contribution in [1.82, 2.24) is 15.0 Å². The van der Waals surface area contributed by atoms with Gasteiger partial charge in [0.15, 0.2) is 17.5 Å². The molecule has 53 heavy (non-hydrogen) atoms. The first-order valence-corrected chi connectivity index (χ1v) is 17.1. The van der Waals surface area contributed by atoms with Crippen LogP contribution in [-0.4, -0.2) is 15.0 Å². The quantitative estimate of drug-likeness (QED) is 0.174. The minimum absolute atomic E-state index is 0.438. The Morgan fingerprint density at radius 3 is 1.49 bits per heavy atom. The SMILES string of the molecule is N#Cc1cc(C#N)cc(-c2ccc(-c3nc(-c4ccccc4)nc(-c4ccc5c(c4)oc4cccc(-c6ccc(-c7ccccc7)cc6)c45)n3)cc2)c1. The summed E-state index contributed by atoms with van der Waals surface area (Å²) in [6, 6.07) is 58.4. The number of hydrogen-bond donors (Lipinski definition) is 0. The van der Waals surface area contributed by atoms with E-state index >= 15 is 0 Å². The molecule has 0 spiro atoms. The summed E-state index contributed by atoms with van der Waals surface area (Å²) >= 11 is 0. The molecule has 2 heterocycles. The van der Waals surface area contributed by atoms with Crippen LogP contribution < -0.4 is 0 Å². The summed E-state index contributed by atoms with van der Waals surface area (Å²) in [6.07, 6.45) is 0. The lowest BCUT2D eigenvalue weighted by molar-refractivity contribution is 0.669. The van der Waals surface area contributed by atoms with Gasteiger partial charge in [0.05, 0.1) is 23.3 Å². The number of rotatable bonds is 6. The van der Waals surface area contributed by atoms with Crippen molar-refractivity contribution < 1.29 is 4.42 Å². The first kappa shape index (κ1) is 31.3. The Kier molecular flexibility index (Phi) is 7.82. The molecule has 0 saturated heterocycles. The third-order valence-corrected chi connectivity index (χ3v) is 9.39. The summed E-state index contributed by atoms with van der Waals surface area (Å²) in [4.78, 5) is 14.8. The number of fused-ring (bicyclic) bond motifs is 3. The summed E-state index contributed by atoms with van der Waals surface area (Å²) in [6.45, 7) is 0. The van der Waals surface area contributed by atoms with Crippen LogP contribution in [-0.2, 0) is 0 Å². The Balaban J connectivity index is 1.11. The highest BCUT2D eigenvalue weighted by Crippen LogP contribution is 2.39. The molecule has 0 atom stereocenters. The molecule has 7 aromatic carbocycles. The molecule has 246 valence electrons. The van der Waals surface area contributed by atoms with Crippen LogP contribution in [0.15, 0.2) is 168 Å². The molecule has 0 aliphatic rings. The van der Waals surface area contributed by atoms with Crippen molar-refractivity contribution >= 4 is 21.9 Å². The highest BCUT2D eigenvalue weighted by Gasteiger charge is 2.17. The van der Waals surface area contributed by atoms with Crippen LogP contribution in [0.3, 0.4) is 0 Å². The van der Waals surface area contributed by atoms with Crippen LogP contribution in [0.5, 0.6) is 0 Å². The summed E-state index contributed by atoms with van der Waals surface area (Å²) in [5.74, 6) is 1.60. The van der Waals surface area contributed by atoms with Gasteiger partial charge in [-0.3, -0.25) is 0 Å². The smallest absolute Gasteiger partial charge is 0.164 e. The standard InChI is InChI=1S/C47H27N5O/c48-28-30-24-31(29-49)26-39(25-30)34-16-20-37(21-17-34)46-50-45(36-10-5-2-6-11-36)51-47(52-46)38-22-23-41-43(27-38)53-42-13-7-12-40(44(41)42)35-18-14-33(15-19-35)32-8-3-1-4-9-32/h1-27H. The highest BCUT2D eigenvalue weighted by molar-refractivity contribution is 6.13. The van der Waals surface area contributed by atoms with E-state index in [1.807, 2.05) is 84.9 Å². The van der Waals surface area contributed by atoms with Crippen molar-refractivity contribution in [2.75, 3.05) is 0 Å². The summed E-state index contributed by atoms with van der Waals surface area (Å²) in [5, 5.41) is 21.0. The predicted octanol–water partition coefficient (Wildman–Crippen LogP) is 11.5. The van der Waals surface area contributed by atoms with E-state index in [1.165, 1.54) is 11.1 Å². The summed E-state index contributed by atoms with van der Waals surface area (Å²) in [5.41, 5.74) is 11.2. The van der Waals surface area contributed by atoms with Crippen molar-refractivity contribution in [2.45, 2.75) is 0 Å². The largest absolute Gasteiger partial charge is 0.456 e. The molecular formula is C47H27N5O. The number of hydrogen-bond acceptors (Lipinski definition) is 6. The van der Waals surface area contributed by atoms with E-state index in [2.05, 4.69) is 72.8 Å². The van der Waals surface area contributed by atoms with Gasteiger partial charge in [-0.15, -0.1) is 0 Å². The molecule has 0 fully saturated rings. The average molecular weight is 678 g/mol. The van der Waals surface area contributed by atoms with E-state index in [0.717, 1.165) is 60.9 Å². The molecule has 9 rings (SSSR count). The number of benzene rings is 7.